The normalized spacial score (nSPS) is 10.6. The monoisotopic (exact) mass is 354 g/mol. The van der Waals surface area contributed by atoms with Crippen molar-refractivity contribution in [2.45, 2.75) is 13.0 Å². The molecule has 26 heavy (non-hydrogen) atoms. The van der Waals surface area contributed by atoms with E-state index in [2.05, 4.69) is 10.6 Å². The van der Waals surface area contributed by atoms with Gasteiger partial charge in [0.2, 0.25) is 5.91 Å². The van der Waals surface area contributed by atoms with Crippen LogP contribution >= 0.6 is 0 Å². The van der Waals surface area contributed by atoms with Crippen LogP contribution in [0.3, 0.4) is 0 Å². The smallest absolute Gasteiger partial charge is 0.251 e. The molecule has 0 aromatic heterocycles. The summed E-state index contributed by atoms with van der Waals surface area (Å²) in [7, 11) is 3.92. The molecule has 0 spiro atoms. The van der Waals surface area contributed by atoms with Crippen molar-refractivity contribution >= 4 is 17.5 Å². The van der Waals surface area contributed by atoms with Crippen LogP contribution in [0.4, 0.5) is 5.69 Å². The number of hydrogen-bond donors (Lipinski definition) is 3. The second-order valence-corrected chi connectivity index (χ2v) is 6.45. The predicted octanol–water partition coefficient (Wildman–Crippen LogP) is 1.42. The van der Waals surface area contributed by atoms with Gasteiger partial charge in [-0.05, 0) is 49.5 Å². The van der Waals surface area contributed by atoms with Crippen molar-refractivity contribution in [1.29, 1.82) is 0 Å². The Kier molecular flexibility index (Phi) is 7.17. The maximum atomic E-state index is 12.2. The average molecular weight is 354 g/mol. The largest absolute Gasteiger partial charge is 0.399 e. The maximum Gasteiger partial charge on any atom is 0.251 e. The van der Waals surface area contributed by atoms with Crippen molar-refractivity contribution in [2.75, 3.05) is 32.9 Å². The van der Waals surface area contributed by atoms with Crippen LogP contribution in [0.5, 0.6) is 0 Å². The number of carbonyl (C=O) groups excluding carboxylic acids is 2. The standard InChI is InChI=1S/C20H26N4O2/c1-24(2)11-10-22-20(26)17-5-3-4-16(12-17)14-23-19(25)13-15-6-8-18(21)9-7-15/h3-9,12H,10-11,13-14,21H2,1-2H3,(H,22,26)(H,23,25). The Morgan fingerprint density at radius 1 is 1.00 bits per heavy atom. The summed E-state index contributed by atoms with van der Waals surface area (Å²) >= 11 is 0. The highest BCUT2D eigenvalue weighted by molar-refractivity contribution is 5.94. The Bertz CT molecular complexity index is 742. The van der Waals surface area contributed by atoms with Crippen LogP contribution in [0, 0.1) is 0 Å². The van der Waals surface area contributed by atoms with E-state index in [0.717, 1.165) is 17.7 Å². The summed E-state index contributed by atoms with van der Waals surface area (Å²) in [6.45, 7) is 1.76. The van der Waals surface area contributed by atoms with Gasteiger partial charge in [0.05, 0.1) is 6.42 Å². The van der Waals surface area contributed by atoms with Crippen LogP contribution in [-0.2, 0) is 17.8 Å². The number of hydrogen-bond acceptors (Lipinski definition) is 4. The van der Waals surface area contributed by atoms with E-state index in [0.29, 0.717) is 30.8 Å². The van der Waals surface area contributed by atoms with Gasteiger partial charge in [-0.15, -0.1) is 0 Å². The van der Waals surface area contributed by atoms with Crippen LogP contribution in [0.1, 0.15) is 21.5 Å². The number of rotatable bonds is 8. The van der Waals surface area contributed by atoms with Gasteiger partial charge in [0, 0.05) is 30.9 Å². The van der Waals surface area contributed by atoms with Crippen LogP contribution in [-0.4, -0.2) is 43.9 Å². The van der Waals surface area contributed by atoms with Gasteiger partial charge in [-0.1, -0.05) is 24.3 Å². The fourth-order valence-electron chi connectivity index (χ4n) is 2.40. The third kappa shape index (κ3) is 6.57. The Balaban J connectivity index is 1.84. The zero-order valence-electron chi connectivity index (χ0n) is 15.3. The highest BCUT2D eigenvalue weighted by atomic mass is 16.2. The molecule has 0 heterocycles. The first kappa shape index (κ1) is 19.5. The maximum absolute atomic E-state index is 12.2. The van der Waals surface area contributed by atoms with Gasteiger partial charge in [0.15, 0.2) is 0 Å². The second-order valence-electron chi connectivity index (χ2n) is 6.45. The van der Waals surface area contributed by atoms with E-state index in [1.54, 1.807) is 24.3 Å². The number of nitrogens with one attached hydrogen (secondary N) is 2. The molecular formula is C20H26N4O2. The first-order chi connectivity index (χ1) is 12.4. The molecule has 0 radical (unpaired) electrons. The molecule has 138 valence electrons. The summed E-state index contributed by atoms with van der Waals surface area (Å²) in [5.41, 5.74) is 8.70. The third-order valence-electron chi connectivity index (χ3n) is 3.87. The van der Waals surface area contributed by atoms with E-state index in [-0.39, 0.29) is 11.8 Å². The van der Waals surface area contributed by atoms with Gasteiger partial charge in [0.25, 0.3) is 5.91 Å². The molecule has 0 aliphatic heterocycles. The number of nitrogens with zero attached hydrogens (tertiary/aromatic N) is 1. The zero-order valence-corrected chi connectivity index (χ0v) is 15.3. The van der Waals surface area contributed by atoms with Gasteiger partial charge >= 0.3 is 0 Å². The minimum atomic E-state index is -0.109. The lowest BCUT2D eigenvalue weighted by Gasteiger charge is -2.11. The van der Waals surface area contributed by atoms with E-state index < -0.39 is 0 Å². The quantitative estimate of drug-likeness (QED) is 0.626. The Morgan fingerprint density at radius 3 is 2.42 bits per heavy atom. The molecule has 2 aromatic carbocycles. The van der Waals surface area contributed by atoms with Crippen molar-refractivity contribution in [3.05, 3.63) is 65.2 Å². The van der Waals surface area contributed by atoms with Crippen molar-refractivity contribution in [3.8, 4) is 0 Å². The molecule has 0 atom stereocenters. The fourth-order valence-corrected chi connectivity index (χ4v) is 2.40. The highest BCUT2D eigenvalue weighted by Crippen LogP contribution is 2.07. The van der Waals surface area contributed by atoms with Crippen LogP contribution in [0.25, 0.3) is 0 Å². The van der Waals surface area contributed by atoms with E-state index in [1.807, 2.05) is 43.3 Å². The van der Waals surface area contributed by atoms with Crippen LogP contribution in [0.2, 0.25) is 0 Å². The van der Waals surface area contributed by atoms with Gasteiger partial charge in [0.1, 0.15) is 0 Å². The van der Waals surface area contributed by atoms with Gasteiger partial charge in [-0.2, -0.15) is 0 Å². The number of amides is 2. The number of carbonyl (C=O) groups is 2. The average Bonchev–Trinajstić information content (AvgIpc) is 2.62. The Morgan fingerprint density at radius 2 is 1.73 bits per heavy atom. The van der Waals surface area contributed by atoms with Gasteiger partial charge in [-0.3, -0.25) is 9.59 Å². The number of nitrogen functional groups attached to an aromatic ring is 1. The Labute approximate surface area is 154 Å². The van der Waals surface area contributed by atoms with Gasteiger partial charge < -0.3 is 21.3 Å². The molecule has 2 rings (SSSR count). The molecule has 2 aromatic rings. The van der Waals surface area contributed by atoms with Crippen molar-refractivity contribution in [2.24, 2.45) is 0 Å². The number of anilines is 1. The number of benzene rings is 2. The molecule has 0 aliphatic carbocycles. The molecule has 0 saturated carbocycles. The topological polar surface area (TPSA) is 87.5 Å². The number of likely N-dealkylation sites (N-methyl/N-ethyl adjacent to an activating group) is 1. The molecule has 4 N–H and O–H groups in total. The third-order valence-corrected chi connectivity index (χ3v) is 3.87. The summed E-state index contributed by atoms with van der Waals surface area (Å²) in [4.78, 5) is 26.2. The van der Waals surface area contributed by atoms with Crippen LogP contribution < -0.4 is 16.4 Å². The summed E-state index contributed by atoms with van der Waals surface area (Å²) in [6.07, 6.45) is 0.297. The minimum absolute atomic E-state index is 0.0735. The molecule has 0 fully saturated rings. The molecular weight excluding hydrogens is 328 g/mol. The molecule has 6 nitrogen and oxygen atoms in total. The van der Waals surface area contributed by atoms with Crippen molar-refractivity contribution in [1.82, 2.24) is 15.5 Å². The van der Waals surface area contributed by atoms with E-state index in [9.17, 15) is 9.59 Å². The Hall–Kier alpha value is -2.86. The molecule has 6 heteroatoms. The summed E-state index contributed by atoms with van der Waals surface area (Å²) in [6, 6.07) is 14.5. The number of nitrogens with two attached hydrogens (primary N) is 1. The molecule has 0 aliphatic rings. The minimum Gasteiger partial charge on any atom is -0.399 e. The van der Waals surface area contributed by atoms with Gasteiger partial charge in [-0.25, -0.2) is 0 Å². The van der Waals surface area contributed by atoms with Crippen molar-refractivity contribution < 1.29 is 9.59 Å². The van der Waals surface area contributed by atoms with E-state index in [1.165, 1.54) is 0 Å². The predicted molar refractivity (Wildman–Crippen MR) is 104 cm³/mol. The fraction of sp³-hybridized carbons (Fsp3) is 0.300. The van der Waals surface area contributed by atoms with E-state index >= 15 is 0 Å². The zero-order chi connectivity index (χ0) is 18.9. The van der Waals surface area contributed by atoms with Crippen molar-refractivity contribution in [3.63, 3.8) is 0 Å². The van der Waals surface area contributed by atoms with E-state index in [4.69, 9.17) is 5.73 Å². The molecule has 0 bridgehead atoms. The van der Waals surface area contributed by atoms with Crippen LogP contribution in [0.15, 0.2) is 48.5 Å². The molecule has 0 unspecified atom stereocenters. The first-order valence-corrected chi connectivity index (χ1v) is 8.57. The SMILES string of the molecule is CN(C)CCNC(=O)c1cccc(CNC(=O)Cc2ccc(N)cc2)c1. The molecule has 2 amide bonds. The lowest BCUT2D eigenvalue weighted by atomic mass is 10.1. The second kappa shape index (κ2) is 9.58. The summed E-state index contributed by atoms with van der Waals surface area (Å²) < 4.78 is 0. The first-order valence-electron chi connectivity index (χ1n) is 8.57. The lowest BCUT2D eigenvalue weighted by Crippen LogP contribution is -2.31. The lowest BCUT2D eigenvalue weighted by molar-refractivity contribution is -0.120. The highest BCUT2D eigenvalue weighted by Gasteiger charge is 2.07. The summed E-state index contributed by atoms with van der Waals surface area (Å²) in [5, 5.41) is 5.76. The molecule has 0 saturated heterocycles. The summed E-state index contributed by atoms with van der Waals surface area (Å²) in [5.74, 6) is -0.183.